The van der Waals surface area contributed by atoms with Crippen molar-refractivity contribution in [2.24, 2.45) is 0 Å². The van der Waals surface area contributed by atoms with Crippen molar-refractivity contribution in [1.82, 2.24) is 9.78 Å². The van der Waals surface area contributed by atoms with E-state index in [1.54, 1.807) is 49.4 Å². The Bertz CT molecular complexity index is 1120. The van der Waals surface area contributed by atoms with Crippen molar-refractivity contribution in [2.45, 2.75) is 6.92 Å². The van der Waals surface area contributed by atoms with Crippen molar-refractivity contribution in [1.29, 1.82) is 0 Å². The predicted molar refractivity (Wildman–Crippen MR) is 108 cm³/mol. The Hall–Kier alpha value is -3.94. The van der Waals surface area contributed by atoms with Crippen LogP contribution in [0.25, 0.3) is 16.9 Å². The number of aromatic nitrogens is 2. The van der Waals surface area contributed by atoms with E-state index >= 15 is 0 Å². The van der Waals surface area contributed by atoms with Crippen molar-refractivity contribution in [3.8, 4) is 16.9 Å². The Balaban J connectivity index is 2.35. The molecular formula is C22H20N2O6. The fourth-order valence-corrected chi connectivity index (χ4v) is 3.06. The Labute approximate surface area is 173 Å². The van der Waals surface area contributed by atoms with Crippen LogP contribution in [0.5, 0.6) is 0 Å². The van der Waals surface area contributed by atoms with E-state index in [1.807, 2.05) is 6.07 Å². The lowest BCUT2D eigenvalue weighted by Gasteiger charge is -2.07. The van der Waals surface area contributed by atoms with Gasteiger partial charge >= 0.3 is 17.9 Å². The molecule has 1 aromatic heterocycles. The van der Waals surface area contributed by atoms with Gasteiger partial charge in [-0.3, -0.25) is 0 Å². The van der Waals surface area contributed by atoms with Gasteiger partial charge in [0.2, 0.25) is 0 Å². The highest BCUT2D eigenvalue weighted by Gasteiger charge is 2.31. The third kappa shape index (κ3) is 3.67. The van der Waals surface area contributed by atoms with E-state index in [2.05, 4.69) is 5.10 Å². The number of aryl methyl sites for hydroxylation is 1. The smallest absolute Gasteiger partial charge is 0.357 e. The Kier molecular flexibility index (Phi) is 5.96. The average molecular weight is 408 g/mol. The maximum atomic E-state index is 12.7. The normalized spacial score (nSPS) is 10.4. The highest BCUT2D eigenvalue weighted by Crippen LogP contribution is 2.30. The maximum absolute atomic E-state index is 12.7. The molecule has 0 fully saturated rings. The van der Waals surface area contributed by atoms with Crippen LogP contribution in [0.2, 0.25) is 0 Å². The molecule has 0 N–H and O–H groups in total. The molecule has 8 nitrogen and oxygen atoms in total. The molecule has 0 saturated carbocycles. The zero-order valence-electron chi connectivity index (χ0n) is 17.0. The van der Waals surface area contributed by atoms with Crippen LogP contribution in [-0.4, -0.2) is 49.0 Å². The number of benzene rings is 2. The molecule has 8 heteroatoms. The third-order valence-electron chi connectivity index (χ3n) is 4.57. The topological polar surface area (TPSA) is 96.7 Å². The number of hydrogen-bond donors (Lipinski definition) is 0. The van der Waals surface area contributed by atoms with Crippen molar-refractivity contribution in [2.75, 3.05) is 21.3 Å². The van der Waals surface area contributed by atoms with E-state index in [4.69, 9.17) is 14.2 Å². The molecular weight excluding hydrogens is 388 g/mol. The van der Waals surface area contributed by atoms with Gasteiger partial charge in [0.15, 0.2) is 5.69 Å². The van der Waals surface area contributed by atoms with Gasteiger partial charge in [-0.15, -0.1) is 0 Å². The van der Waals surface area contributed by atoms with Gasteiger partial charge in [-0.25, -0.2) is 19.1 Å². The Morgan fingerprint density at radius 3 is 2.07 bits per heavy atom. The lowest BCUT2D eigenvalue weighted by molar-refractivity contribution is 0.0549. The summed E-state index contributed by atoms with van der Waals surface area (Å²) in [4.78, 5) is 37.4. The first-order valence-corrected chi connectivity index (χ1v) is 8.97. The van der Waals surface area contributed by atoms with E-state index in [0.29, 0.717) is 22.4 Å². The Morgan fingerprint density at radius 2 is 1.47 bits per heavy atom. The van der Waals surface area contributed by atoms with Gasteiger partial charge in [0.1, 0.15) is 11.3 Å². The number of para-hydroxylation sites is 1. The van der Waals surface area contributed by atoms with E-state index < -0.39 is 17.9 Å². The van der Waals surface area contributed by atoms with E-state index in [1.165, 1.54) is 26.0 Å². The fraction of sp³-hybridized carbons (Fsp3) is 0.182. The molecule has 0 aliphatic carbocycles. The van der Waals surface area contributed by atoms with Crippen LogP contribution in [0.3, 0.4) is 0 Å². The minimum Gasteiger partial charge on any atom is -0.465 e. The van der Waals surface area contributed by atoms with E-state index in [9.17, 15) is 14.4 Å². The zero-order valence-corrected chi connectivity index (χ0v) is 17.0. The van der Waals surface area contributed by atoms with Crippen LogP contribution in [0.15, 0.2) is 48.5 Å². The summed E-state index contributed by atoms with van der Waals surface area (Å²) in [6.45, 7) is 1.76. The molecule has 2 aromatic carbocycles. The molecule has 0 aliphatic rings. The number of carbonyl (C=O) groups excluding carboxylic acids is 3. The summed E-state index contributed by atoms with van der Waals surface area (Å²) < 4.78 is 16.0. The molecule has 0 atom stereocenters. The van der Waals surface area contributed by atoms with Crippen LogP contribution in [0, 0.1) is 6.92 Å². The number of esters is 3. The monoisotopic (exact) mass is 408 g/mol. The second-order valence-electron chi connectivity index (χ2n) is 6.32. The molecule has 3 rings (SSSR count). The van der Waals surface area contributed by atoms with Crippen LogP contribution in [-0.2, 0) is 14.2 Å². The molecule has 1 heterocycles. The first kappa shape index (κ1) is 20.8. The minimum absolute atomic E-state index is 0.0622. The van der Waals surface area contributed by atoms with Crippen molar-refractivity contribution < 1.29 is 28.6 Å². The SMILES string of the molecule is COC(=O)c1cc(-c2nn(-c3ccccc3)c(C(=O)OC)c2C(=O)OC)ccc1C. The first-order chi connectivity index (χ1) is 14.4. The molecule has 0 aliphatic heterocycles. The lowest BCUT2D eigenvalue weighted by Crippen LogP contribution is -2.15. The van der Waals surface area contributed by atoms with Crippen LogP contribution >= 0.6 is 0 Å². The summed E-state index contributed by atoms with van der Waals surface area (Å²) in [6.07, 6.45) is 0. The van der Waals surface area contributed by atoms with Crippen molar-refractivity contribution in [3.05, 3.63) is 70.9 Å². The number of nitrogens with zero attached hydrogens (tertiary/aromatic N) is 2. The second kappa shape index (κ2) is 8.60. The third-order valence-corrected chi connectivity index (χ3v) is 4.57. The number of hydrogen-bond acceptors (Lipinski definition) is 7. The van der Waals surface area contributed by atoms with E-state index in [0.717, 1.165) is 0 Å². The molecule has 0 unspecified atom stereocenters. The summed E-state index contributed by atoms with van der Waals surface area (Å²) in [5, 5.41) is 4.51. The molecule has 0 saturated heterocycles. The molecule has 0 bridgehead atoms. The molecule has 154 valence electrons. The van der Waals surface area contributed by atoms with Gasteiger partial charge in [-0.05, 0) is 30.7 Å². The number of carbonyl (C=O) groups is 3. The Morgan fingerprint density at radius 1 is 0.833 bits per heavy atom. The van der Waals surface area contributed by atoms with Crippen LogP contribution in [0.1, 0.15) is 36.8 Å². The number of rotatable bonds is 5. The fourth-order valence-electron chi connectivity index (χ4n) is 3.06. The van der Waals surface area contributed by atoms with E-state index in [-0.39, 0.29) is 17.0 Å². The molecule has 0 spiro atoms. The highest BCUT2D eigenvalue weighted by molar-refractivity contribution is 6.07. The van der Waals surface area contributed by atoms with Gasteiger partial charge in [-0.2, -0.15) is 5.10 Å². The van der Waals surface area contributed by atoms with Gasteiger partial charge in [0, 0.05) is 5.56 Å². The summed E-state index contributed by atoms with van der Waals surface area (Å²) in [7, 11) is 3.71. The quantitative estimate of drug-likeness (QED) is 0.472. The van der Waals surface area contributed by atoms with Gasteiger partial charge in [0.25, 0.3) is 0 Å². The molecule has 3 aromatic rings. The summed E-state index contributed by atoms with van der Waals surface area (Å²) in [5.41, 5.74) is 2.05. The number of methoxy groups -OCH3 is 3. The minimum atomic E-state index is -0.757. The molecule has 0 radical (unpaired) electrons. The van der Waals surface area contributed by atoms with Gasteiger partial charge < -0.3 is 14.2 Å². The second-order valence-corrected chi connectivity index (χ2v) is 6.32. The average Bonchev–Trinajstić information content (AvgIpc) is 3.19. The highest BCUT2D eigenvalue weighted by atomic mass is 16.5. The summed E-state index contributed by atoms with van der Waals surface area (Å²) in [6, 6.07) is 13.8. The zero-order chi connectivity index (χ0) is 21.8. The van der Waals surface area contributed by atoms with Crippen molar-refractivity contribution >= 4 is 17.9 Å². The maximum Gasteiger partial charge on any atom is 0.357 e. The van der Waals surface area contributed by atoms with Crippen molar-refractivity contribution in [3.63, 3.8) is 0 Å². The molecule has 30 heavy (non-hydrogen) atoms. The number of ether oxygens (including phenoxy) is 3. The summed E-state index contributed by atoms with van der Waals surface area (Å²) >= 11 is 0. The predicted octanol–water partition coefficient (Wildman–Crippen LogP) is 3.21. The van der Waals surface area contributed by atoms with Gasteiger partial charge in [-0.1, -0.05) is 30.3 Å². The van der Waals surface area contributed by atoms with Crippen LogP contribution < -0.4 is 0 Å². The standard InChI is InChI=1S/C22H20N2O6/c1-13-10-11-14(12-16(13)20(25)28-2)18-17(21(26)29-3)19(22(27)30-4)24(23-18)15-8-6-5-7-9-15/h5-12H,1-4H3. The first-order valence-electron chi connectivity index (χ1n) is 8.97. The van der Waals surface area contributed by atoms with Gasteiger partial charge in [0.05, 0.1) is 32.6 Å². The lowest BCUT2D eigenvalue weighted by atomic mass is 10.00. The van der Waals surface area contributed by atoms with Crippen LogP contribution in [0.4, 0.5) is 0 Å². The largest absolute Gasteiger partial charge is 0.465 e. The molecule has 0 amide bonds. The summed E-state index contributed by atoms with van der Waals surface area (Å²) in [5.74, 6) is -2.03.